The van der Waals surface area contributed by atoms with E-state index in [-0.39, 0.29) is 25.0 Å². The molecule has 2 amide bonds. The first-order chi connectivity index (χ1) is 12.9. The number of nitrogens with two attached hydrogens (primary N) is 1. The van der Waals surface area contributed by atoms with Gasteiger partial charge in [-0.2, -0.15) is 0 Å². The van der Waals surface area contributed by atoms with Crippen LogP contribution in [-0.4, -0.2) is 56.6 Å². The molecule has 1 fully saturated rings. The summed E-state index contributed by atoms with van der Waals surface area (Å²) in [4.78, 5) is 36.8. The van der Waals surface area contributed by atoms with Crippen molar-refractivity contribution in [2.24, 2.45) is 11.7 Å². The first-order valence-electron chi connectivity index (χ1n) is 8.58. The number of methoxy groups -OCH3 is 2. The van der Waals surface area contributed by atoms with Crippen LogP contribution in [0.1, 0.15) is 18.4 Å². The molecule has 8 heteroatoms. The molecule has 8 nitrogen and oxygen atoms in total. The van der Waals surface area contributed by atoms with Gasteiger partial charge >= 0.3 is 5.97 Å². The van der Waals surface area contributed by atoms with Gasteiger partial charge in [0.25, 0.3) is 5.91 Å². The van der Waals surface area contributed by atoms with Crippen molar-refractivity contribution in [3.05, 3.63) is 29.8 Å². The van der Waals surface area contributed by atoms with E-state index in [4.69, 9.17) is 19.9 Å². The van der Waals surface area contributed by atoms with Crippen molar-refractivity contribution >= 4 is 23.9 Å². The Labute approximate surface area is 157 Å². The Kier molecular flexibility index (Phi) is 7.22. The zero-order valence-corrected chi connectivity index (χ0v) is 15.5. The summed E-state index contributed by atoms with van der Waals surface area (Å²) in [6, 6.07) is 5.19. The number of benzene rings is 1. The molecule has 0 radical (unpaired) electrons. The quantitative estimate of drug-likeness (QED) is 0.561. The average Bonchev–Trinajstić information content (AvgIpc) is 2.70. The third-order valence-corrected chi connectivity index (χ3v) is 4.33. The number of amides is 2. The summed E-state index contributed by atoms with van der Waals surface area (Å²) >= 11 is 0. The van der Waals surface area contributed by atoms with Gasteiger partial charge in [0.2, 0.25) is 5.91 Å². The number of rotatable bonds is 7. The molecule has 27 heavy (non-hydrogen) atoms. The molecule has 146 valence electrons. The topological polar surface area (TPSA) is 108 Å². The number of hydrogen-bond acceptors (Lipinski definition) is 6. The molecule has 1 saturated heterocycles. The zero-order valence-electron chi connectivity index (χ0n) is 15.5. The third-order valence-electron chi connectivity index (χ3n) is 4.33. The van der Waals surface area contributed by atoms with Crippen molar-refractivity contribution in [2.75, 3.05) is 33.9 Å². The Morgan fingerprint density at radius 1 is 1.22 bits per heavy atom. The molecule has 0 aromatic heterocycles. The van der Waals surface area contributed by atoms with Crippen LogP contribution >= 0.6 is 0 Å². The number of likely N-dealkylation sites (tertiary alicyclic amines) is 1. The van der Waals surface area contributed by atoms with Crippen LogP contribution in [0.5, 0.6) is 11.5 Å². The predicted octanol–water partition coefficient (Wildman–Crippen LogP) is 0.984. The van der Waals surface area contributed by atoms with Gasteiger partial charge in [0, 0.05) is 19.2 Å². The average molecular weight is 376 g/mol. The van der Waals surface area contributed by atoms with Crippen LogP contribution in [0, 0.1) is 5.92 Å². The lowest BCUT2D eigenvalue weighted by Crippen LogP contribution is -2.45. The van der Waals surface area contributed by atoms with Crippen molar-refractivity contribution in [3.63, 3.8) is 0 Å². The van der Waals surface area contributed by atoms with Crippen LogP contribution in [-0.2, 0) is 19.1 Å². The van der Waals surface area contributed by atoms with Crippen LogP contribution < -0.4 is 15.2 Å². The molecule has 2 N–H and O–H groups in total. The molecular weight excluding hydrogens is 352 g/mol. The highest BCUT2D eigenvalue weighted by Gasteiger charge is 2.27. The van der Waals surface area contributed by atoms with Crippen LogP contribution in [0.4, 0.5) is 0 Å². The summed E-state index contributed by atoms with van der Waals surface area (Å²) in [6.45, 7) is 0.426. The minimum Gasteiger partial charge on any atom is -0.493 e. The Morgan fingerprint density at radius 3 is 2.63 bits per heavy atom. The SMILES string of the molecule is COc1ccc(/C=C/C(=O)OCC(=O)N2CCC[C@H](C(N)=O)C2)cc1OC. The molecule has 1 heterocycles. The summed E-state index contributed by atoms with van der Waals surface area (Å²) in [5.74, 6) is -0.614. The highest BCUT2D eigenvalue weighted by Crippen LogP contribution is 2.27. The number of nitrogens with zero attached hydrogens (tertiary/aromatic N) is 1. The summed E-state index contributed by atoms with van der Waals surface area (Å²) < 4.78 is 15.3. The molecule has 1 aliphatic rings. The second-order valence-electron chi connectivity index (χ2n) is 6.14. The Morgan fingerprint density at radius 2 is 1.96 bits per heavy atom. The maximum atomic E-state index is 12.1. The molecule has 0 aliphatic carbocycles. The van der Waals surface area contributed by atoms with Gasteiger partial charge in [-0.05, 0) is 36.6 Å². The van der Waals surface area contributed by atoms with E-state index >= 15 is 0 Å². The van der Waals surface area contributed by atoms with Gasteiger partial charge < -0.3 is 24.8 Å². The van der Waals surface area contributed by atoms with E-state index in [0.717, 1.165) is 5.56 Å². The second-order valence-corrected chi connectivity index (χ2v) is 6.14. The fourth-order valence-corrected chi connectivity index (χ4v) is 2.83. The van der Waals surface area contributed by atoms with E-state index < -0.39 is 11.9 Å². The minimum absolute atomic E-state index is 0.271. The Balaban J connectivity index is 1.86. The molecule has 0 spiro atoms. The van der Waals surface area contributed by atoms with Gasteiger partial charge in [-0.25, -0.2) is 4.79 Å². The monoisotopic (exact) mass is 376 g/mol. The maximum Gasteiger partial charge on any atom is 0.331 e. The van der Waals surface area contributed by atoms with Crippen LogP contribution in [0.3, 0.4) is 0 Å². The highest BCUT2D eigenvalue weighted by atomic mass is 16.5. The first kappa shape index (κ1) is 20.3. The Bertz CT molecular complexity index is 731. The van der Waals surface area contributed by atoms with E-state index in [1.807, 2.05) is 0 Å². The van der Waals surface area contributed by atoms with E-state index in [0.29, 0.717) is 30.9 Å². The van der Waals surface area contributed by atoms with Gasteiger partial charge in [-0.1, -0.05) is 6.07 Å². The molecule has 0 saturated carbocycles. The molecule has 0 unspecified atom stereocenters. The molecule has 1 aromatic carbocycles. The fraction of sp³-hybridized carbons (Fsp3) is 0.421. The smallest absolute Gasteiger partial charge is 0.331 e. The number of carbonyl (C=O) groups excluding carboxylic acids is 3. The molecule has 0 bridgehead atoms. The number of esters is 1. The summed E-state index contributed by atoms with van der Waals surface area (Å²) in [5, 5.41) is 0. The van der Waals surface area contributed by atoms with Crippen LogP contribution in [0.25, 0.3) is 6.08 Å². The summed E-state index contributed by atoms with van der Waals surface area (Å²) in [5.41, 5.74) is 6.02. The van der Waals surface area contributed by atoms with Crippen molar-refractivity contribution in [3.8, 4) is 11.5 Å². The van der Waals surface area contributed by atoms with Gasteiger partial charge in [-0.15, -0.1) is 0 Å². The van der Waals surface area contributed by atoms with Crippen LogP contribution in [0.15, 0.2) is 24.3 Å². The van der Waals surface area contributed by atoms with Gasteiger partial charge in [0.15, 0.2) is 18.1 Å². The molecule has 1 atom stereocenters. The van der Waals surface area contributed by atoms with E-state index in [1.54, 1.807) is 24.3 Å². The predicted molar refractivity (Wildman–Crippen MR) is 98.0 cm³/mol. The van der Waals surface area contributed by atoms with Crippen molar-refractivity contribution in [1.29, 1.82) is 0 Å². The van der Waals surface area contributed by atoms with Crippen molar-refractivity contribution in [2.45, 2.75) is 12.8 Å². The van der Waals surface area contributed by atoms with Crippen molar-refractivity contribution < 1.29 is 28.6 Å². The second kappa shape index (κ2) is 9.61. The van der Waals surface area contributed by atoms with Gasteiger partial charge in [0.05, 0.1) is 20.1 Å². The van der Waals surface area contributed by atoms with Crippen LogP contribution in [0.2, 0.25) is 0 Å². The van der Waals surface area contributed by atoms with Crippen molar-refractivity contribution in [1.82, 2.24) is 4.90 Å². The molecule has 1 aliphatic heterocycles. The zero-order chi connectivity index (χ0) is 19.8. The lowest BCUT2D eigenvalue weighted by Gasteiger charge is -2.30. The lowest BCUT2D eigenvalue weighted by molar-refractivity contribution is -0.149. The number of carbonyl (C=O) groups is 3. The fourth-order valence-electron chi connectivity index (χ4n) is 2.83. The maximum absolute atomic E-state index is 12.1. The highest BCUT2D eigenvalue weighted by molar-refractivity contribution is 5.89. The number of piperidine rings is 1. The van der Waals surface area contributed by atoms with E-state index in [1.165, 1.54) is 25.2 Å². The minimum atomic E-state index is -0.637. The van der Waals surface area contributed by atoms with E-state index in [2.05, 4.69) is 0 Å². The first-order valence-corrected chi connectivity index (χ1v) is 8.58. The van der Waals surface area contributed by atoms with Gasteiger partial charge in [0.1, 0.15) is 0 Å². The standard InChI is InChI=1S/C19H24N2O6/c1-25-15-7-5-13(10-16(15)26-2)6-8-18(23)27-12-17(22)21-9-3-4-14(11-21)19(20)24/h5-8,10,14H,3-4,9,11-12H2,1-2H3,(H2,20,24)/b8-6+/t14-/m0/s1. The summed E-state index contributed by atoms with van der Waals surface area (Å²) in [7, 11) is 3.06. The normalized spacial score (nSPS) is 16.8. The molecular formula is C19H24N2O6. The number of ether oxygens (including phenoxy) is 3. The van der Waals surface area contributed by atoms with Gasteiger partial charge in [-0.3, -0.25) is 9.59 Å². The lowest BCUT2D eigenvalue weighted by atomic mass is 9.97. The number of hydrogen-bond donors (Lipinski definition) is 1. The largest absolute Gasteiger partial charge is 0.493 e. The molecule has 1 aromatic rings. The molecule has 2 rings (SSSR count). The van der Waals surface area contributed by atoms with E-state index in [9.17, 15) is 14.4 Å². The number of primary amides is 1. The third kappa shape index (κ3) is 5.73. The summed E-state index contributed by atoms with van der Waals surface area (Å²) in [6.07, 6.45) is 4.16. The Hall–Kier alpha value is -3.03.